The largest absolute Gasteiger partial charge is 0.379 e. The number of nitro groups is 1. The number of sulfonamides is 1. The van der Waals surface area contributed by atoms with Crippen molar-refractivity contribution in [3.63, 3.8) is 0 Å². The predicted molar refractivity (Wildman–Crippen MR) is 119 cm³/mol. The van der Waals surface area contributed by atoms with Gasteiger partial charge in [-0.2, -0.15) is 4.31 Å². The summed E-state index contributed by atoms with van der Waals surface area (Å²) in [4.78, 5) is 27.4. The van der Waals surface area contributed by atoms with Crippen LogP contribution in [0, 0.1) is 10.1 Å². The first kappa shape index (κ1) is 24.4. The molecule has 3 rings (SSSR count). The van der Waals surface area contributed by atoms with Crippen molar-refractivity contribution in [2.24, 2.45) is 0 Å². The van der Waals surface area contributed by atoms with Crippen LogP contribution in [0.1, 0.15) is 19.3 Å². The predicted octanol–water partition coefficient (Wildman–Crippen LogP) is 0.970. The van der Waals surface area contributed by atoms with Gasteiger partial charge in [0.2, 0.25) is 15.9 Å². The Balaban J connectivity index is 1.62. The van der Waals surface area contributed by atoms with Gasteiger partial charge in [-0.15, -0.1) is 0 Å². The van der Waals surface area contributed by atoms with E-state index >= 15 is 0 Å². The lowest BCUT2D eigenvalue weighted by Gasteiger charge is -2.35. The number of hydrogen-bond donors (Lipinski definition) is 1. The van der Waals surface area contributed by atoms with Crippen LogP contribution < -0.4 is 5.32 Å². The Bertz CT molecular complexity index is 926. The molecule has 2 saturated heterocycles. The van der Waals surface area contributed by atoms with E-state index in [9.17, 15) is 23.3 Å². The molecule has 0 aromatic heterocycles. The summed E-state index contributed by atoms with van der Waals surface area (Å²) >= 11 is 0. The zero-order valence-corrected chi connectivity index (χ0v) is 19.3. The van der Waals surface area contributed by atoms with Crippen molar-refractivity contribution in [3.8, 4) is 0 Å². The molecular formula is C20H31N5O6S. The Morgan fingerprint density at radius 2 is 1.91 bits per heavy atom. The van der Waals surface area contributed by atoms with Crippen molar-refractivity contribution in [1.82, 2.24) is 14.1 Å². The number of carbonyl (C=O) groups is 1. The normalized spacial score (nSPS) is 18.9. The van der Waals surface area contributed by atoms with E-state index in [1.807, 2.05) is 0 Å². The third-order valence-corrected chi connectivity index (χ3v) is 7.95. The van der Waals surface area contributed by atoms with Crippen molar-refractivity contribution in [2.75, 3.05) is 65.3 Å². The quantitative estimate of drug-likeness (QED) is 0.441. The van der Waals surface area contributed by atoms with Crippen LogP contribution in [0.4, 0.5) is 11.4 Å². The maximum Gasteiger partial charge on any atom is 0.293 e. The van der Waals surface area contributed by atoms with Gasteiger partial charge in [-0.25, -0.2) is 8.42 Å². The van der Waals surface area contributed by atoms with Gasteiger partial charge in [-0.1, -0.05) is 0 Å². The highest BCUT2D eigenvalue weighted by molar-refractivity contribution is 7.89. The van der Waals surface area contributed by atoms with Crippen molar-refractivity contribution in [3.05, 3.63) is 28.3 Å². The van der Waals surface area contributed by atoms with Crippen molar-refractivity contribution in [1.29, 1.82) is 0 Å². The lowest BCUT2D eigenvalue weighted by molar-refractivity contribution is -0.384. The van der Waals surface area contributed by atoms with Gasteiger partial charge in [-0.05, 0) is 45.1 Å². The van der Waals surface area contributed by atoms with E-state index < -0.39 is 14.9 Å². The minimum absolute atomic E-state index is 0.0266. The average Bonchev–Trinajstić information content (AvgIpc) is 2.79. The highest BCUT2D eigenvalue weighted by Gasteiger charge is 2.29. The summed E-state index contributed by atoms with van der Waals surface area (Å²) in [6.07, 6.45) is 2.04. The Morgan fingerprint density at radius 1 is 1.25 bits per heavy atom. The van der Waals surface area contributed by atoms with E-state index in [-0.39, 0.29) is 54.3 Å². The molecule has 0 radical (unpaired) electrons. The van der Waals surface area contributed by atoms with Crippen LogP contribution >= 0.6 is 0 Å². The number of nitro benzene ring substituents is 1. The molecule has 0 spiro atoms. The lowest BCUT2D eigenvalue weighted by atomic mass is 10.0. The fourth-order valence-corrected chi connectivity index (χ4v) is 5.40. The molecule has 2 aliphatic rings. The van der Waals surface area contributed by atoms with Crippen LogP contribution in [-0.4, -0.2) is 99.4 Å². The average molecular weight is 470 g/mol. The first-order chi connectivity index (χ1) is 15.2. The number of carbonyl (C=O) groups excluding carboxylic acids is 1. The molecule has 0 bridgehead atoms. The molecule has 0 aliphatic carbocycles. The number of anilines is 1. The smallest absolute Gasteiger partial charge is 0.293 e. The second-order valence-electron chi connectivity index (χ2n) is 8.17. The second kappa shape index (κ2) is 10.6. The number of amides is 1. The third kappa shape index (κ3) is 5.74. The Hall–Kier alpha value is -2.28. The molecule has 1 aromatic carbocycles. The van der Waals surface area contributed by atoms with E-state index in [4.69, 9.17) is 4.74 Å². The highest BCUT2D eigenvalue weighted by Crippen LogP contribution is 2.29. The number of piperidine rings is 1. The molecule has 1 amide bonds. The molecule has 1 aromatic rings. The molecule has 32 heavy (non-hydrogen) atoms. The first-order valence-corrected chi connectivity index (χ1v) is 12.2. The van der Waals surface area contributed by atoms with Crippen LogP contribution in [0.25, 0.3) is 0 Å². The summed E-state index contributed by atoms with van der Waals surface area (Å²) in [7, 11) is 0.0200. The minimum Gasteiger partial charge on any atom is -0.379 e. The molecular weight excluding hydrogens is 438 g/mol. The van der Waals surface area contributed by atoms with Crippen LogP contribution in [0.2, 0.25) is 0 Å². The van der Waals surface area contributed by atoms with Gasteiger partial charge in [-0.3, -0.25) is 14.9 Å². The minimum atomic E-state index is -3.84. The molecule has 0 atom stereocenters. The van der Waals surface area contributed by atoms with Gasteiger partial charge >= 0.3 is 0 Å². The van der Waals surface area contributed by atoms with Crippen LogP contribution in [0.3, 0.4) is 0 Å². The van der Waals surface area contributed by atoms with Gasteiger partial charge in [0.25, 0.3) is 5.69 Å². The SMILES string of the molecule is CN1CCC(N(C)C(=O)CCNc2ccc(S(=O)(=O)N3CCOCC3)cc2[N+](=O)[O-])CC1. The van der Waals surface area contributed by atoms with Crippen LogP contribution in [-0.2, 0) is 19.6 Å². The van der Waals surface area contributed by atoms with E-state index in [1.165, 1.54) is 16.4 Å². The Morgan fingerprint density at radius 3 is 2.53 bits per heavy atom. The summed E-state index contributed by atoms with van der Waals surface area (Å²) < 4.78 is 32.0. The number of hydrogen-bond acceptors (Lipinski definition) is 8. The van der Waals surface area contributed by atoms with Crippen molar-refractivity contribution < 1.29 is 22.9 Å². The summed E-state index contributed by atoms with van der Waals surface area (Å²) in [6.45, 7) is 3.12. The number of nitrogens with zero attached hydrogens (tertiary/aromatic N) is 4. The molecule has 1 N–H and O–H groups in total. The highest BCUT2D eigenvalue weighted by atomic mass is 32.2. The monoisotopic (exact) mass is 469 g/mol. The number of nitrogens with one attached hydrogen (secondary N) is 1. The summed E-state index contributed by atoms with van der Waals surface area (Å²) in [5.74, 6) is -0.0266. The maximum absolute atomic E-state index is 12.8. The van der Waals surface area contributed by atoms with Gasteiger partial charge < -0.3 is 19.9 Å². The van der Waals surface area contributed by atoms with Crippen LogP contribution in [0.15, 0.2) is 23.1 Å². The van der Waals surface area contributed by atoms with E-state index in [0.717, 1.165) is 32.0 Å². The van der Waals surface area contributed by atoms with Gasteiger partial charge in [0.05, 0.1) is 23.0 Å². The second-order valence-corrected chi connectivity index (χ2v) is 10.1. The van der Waals surface area contributed by atoms with Crippen LogP contribution in [0.5, 0.6) is 0 Å². The van der Waals surface area contributed by atoms with Crippen molar-refractivity contribution >= 4 is 27.3 Å². The standard InChI is InChI=1S/C20H31N5O6S/c1-22-9-6-16(7-10-22)23(2)20(26)5-8-21-18-4-3-17(15-19(18)25(27)28)32(29,30)24-11-13-31-14-12-24/h3-4,15-16,21H,5-14H2,1-2H3. The van der Waals surface area contributed by atoms with Gasteiger partial charge in [0.1, 0.15) is 5.69 Å². The molecule has 11 nitrogen and oxygen atoms in total. The van der Waals surface area contributed by atoms with E-state index in [2.05, 4.69) is 17.3 Å². The number of likely N-dealkylation sites (tertiary alicyclic amines) is 1. The Kier molecular flexibility index (Phi) is 8.04. The number of morpholine rings is 1. The fraction of sp³-hybridized carbons (Fsp3) is 0.650. The van der Waals surface area contributed by atoms with Gasteiger partial charge in [0.15, 0.2) is 0 Å². The summed E-state index contributed by atoms with van der Waals surface area (Å²) in [5, 5.41) is 14.5. The fourth-order valence-electron chi connectivity index (χ4n) is 3.97. The maximum atomic E-state index is 12.8. The number of ether oxygens (including phenoxy) is 1. The lowest BCUT2D eigenvalue weighted by Crippen LogP contribution is -2.44. The molecule has 12 heteroatoms. The molecule has 2 fully saturated rings. The molecule has 2 aliphatic heterocycles. The zero-order chi connectivity index (χ0) is 23.3. The molecule has 0 saturated carbocycles. The third-order valence-electron chi connectivity index (χ3n) is 6.06. The Labute approximate surface area is 188 Å². The molecule has 0 unspecified atom stereocenters. The van der Waals surface area contributed by atoms with E-state index in [0.29, 0.717) is 13.2 Å². The van der Waals surface area contributed by atoms with Crippen molar-refractivity contribution in [2.45, 2.75) is 30.2 Å². The number of benzene rings is 1. The zero-order valence-electron chi connectivity index (χ0n) is 18.5. The first-order valence-electron chi connectivity index (χ1n) is 10.7. The topological polar surface area (TPSA) is 125 Å². The van der Waals surface area contributed by atoms with E-state index in [1.54, 1.807) is 11.9 Å². The molecule has 178 valence electrons. The summed E-state index contributed by atoms with van der Waals surface area (Å²) in [5.41, 5.74) is -0.152. The van der Waals surface area contributed by atoms with Gasteiger partial charge in [0, 0.05) is 45.2 Å². The summed E-state index contributed by atoms with van der Waals surface area (Å²) in [6, 6.07) is 4.01. The molecule has 2 heterocycles. The number of rotatable bonds is 8.